The van der Waals surface area contributed by atoms with Crippen LogP contribution in [0, 0.1) is 0 Å². The number of rotatable bonds is 4. The molecule has 0 unspecified atom stereocenters. The van der Waals surface area contributed by atoms with Gasteiger partial charge < -0.3 is 20.3 Å². The molecule has 2 aromatic carbocycles. The zero-order chi connectivity index (χ0) is 18.3. The Labute approximate surface area is 154 Å². The highest BCUT2D eigenvalue weighted by molar-refractivity contribution is 6.31. The number of amides is 1. The SMILES string of the molecule is NC(=O)c1ccc(Cc2cc(Cl)cc3cc(-c4ccc(N)cc4)oc23)o1. The van der Waals surface area contributed by atoms with E-state index in [0.29, 0.717) is 22.9 Å². The molecule has 4 aromatic rings. The minimum atomic E-state index is -0.601. The summed E-state index contributed by atoms with van der Waals surface area (Å²) in [5.41, 5.74) is 14.2. The number of nitrogen functional groups attached to an aromatic ring is 1. The van der Waals surface area contributed by atoms with E-state index in [2.05, 4.69) is 0 Å². The van der Waals surface area contributed by atoms with Gasteiger partial charge in [0.25, 0.3) is 5.91 Å². The number of carbonyl (C=O) groups excluding carboxylic acids is 1. The minimum absolute atomic E-state index is 0.125. The Morgan fingerprint density at radius 1 is 1.00 bits per heavy atom. The van der Waals surface area contributed by atoms with Crippen molar-refractivity contribution in [2.45, 2.75) is 6.42 Å². The third kappa shape index (κ3) is 3.05. The van der Waals surface area contributed by atoms with Gasteiger partial charge in [0, 0.05) is 33.6 Å². The summed E-state index contributed by atoms with van der Waals surface area (Å²) in [6, 6.07) is 16.3. The first-order valence-electron chi connectivity index (χ1n) is 7.96. The van der Waals surface area contributed by atoms with Crippen molar-refractivity contribution >= 4 is 34.2 Å². The maximum Gasteiger partial charge on any atom is 0.284 e. The van der Waals surface area contributed by atoms with Crippen LogP contribution in [-0.4, -0.2) is 5.91 Å². The molecule has 0 aliphatic heterocycles. The lowest BCUT2D eigenvalue weighted by Gasteiger charge is -2.02. The first-order valence-corrected chi connectivity index (χ1v) is 8.34. The van der Waals surface area contributed by atoms with Gasteiger partial charge >= 0.3 is 0 Å². The van der Waals surface area contributed by atoms with Gasteiger partial charge in [0.1, 0.15) is 17.1 Å². The van der Waals surface area contributed by atoms with Crippen LogP contribution in [0.15, 0.2) is 63.4 Å². The number of benzene rings is 2. The largest absolute Gasteiger partial charge is 0.456 e. The predicted octanol–water partition coefficient (Wildman–Crippen LogP) is 4.62. The summed E-state index contributed by atoms with van der Waals surface area (Å²) in [4.78, 5) is 11.2. The molecule has 0 radical (unpaired) electrons. The van der Waals surface area contributed by atoms with Gasteiger partial charge in [-0.3, -0.25) is 4.79 Å². The summed E-state index contributed by atoms with van der Waals surface area (Å²) in [5, 5.41) is 1.49. The van der Waals surface area contributed by atoms with Crippen LogP contribution in [-0.2, 0) is 6.42 Å². The zero-order valence-corrected chi connectivity index (χ0v) is 14.4. The van der Waals surface area contributed by atoms with Gasteiger partial charge in [-0.25, -0.2) is 0 Å². The number of nitrogens with two attached hydrogens (primary N) is 2. The molecule has 2 aromatic heterocycles. The van der Waals surface area contributed by atoms with Crippen molar-refractivity contribution in [3.63, 3.8) is 0 Å². The van der Waals surface area contributed by atoms with E-state index in [4.69, 9.17) is 31.9 Å². The van der Waals surface area contributed by atoms with Crippen molar-refractivity contribution in [2.75, 3.05) is 5.73 Å². The Bertz CT molecular complexity index is 1110. The van der Waals surface area contributed by atoms with Crippen molar-refractivity contribution in [1.82, 2.24) is 0 Å². The van der Waals surface area contributed by atoms with E-state index in [9.17, 15) is 4.79 Å². The van der Waals surface area contributed by atoms with E-state index in [0.717, 1.165) is 27.9 Å². The lowest BCUT2D eigenvalue weighted by atomic mass is 10.1. The van der Waals surface area contributed by atoms with Crippen LogP contribution in [0.1, 0.15) is 21.9 Å². The molecule has 0 aliphatic carbocycles. The lowest BCUT2D eigenvalue weighted by Crippen LogP contribution is -2.09. The first kappa shape index (κ1) is 16.3. The van der Waals surface area contributed by atoms with Crippen LogP contribution in [0.5, 0.6) is 0 Å². The molecule has 130 valence electrons. The zero-order valence-electron chi connectivity index (χ0n) is 13.7. The summed E-state index contributed by atoms with van der Waals surface area (Å²) in [7, 11) is 0. The summed E-state index contributed by atoms with van der Waals surface area (Å²) in [6.07, 6.45) is 0.430. The molecule has 0 bridgehead atoms. The molecule has 0 spiro atoms. The number of hydrogen-bond acceptors (Lipinski definition) is 4. The summed E-state index contributed by atoms with van der Waals surface area (Å²) in [5.74, 6) is 0.852. The van der Waals surface area contributed by atoms with Crippen molar-refractivity contribution in [3.05, 3.63) is 76.7 Å². The third-order valence-corrected chi connectivity index (χ3v) is 4.34. The standard InChI is InChI=1S/C20H15ClN2O3/c21-14-7-12(9-16-5-6-17(25-16)20(23)24)19-13(8-14)10-18(26-19)11-1-3-15(22)4-2-11/h1-8,10H,9,22H2,(H2,23,24). The predicted molar refractivity (Wildman–Crippen MR) is 101 cm³/mol. The molecular formula is C20H15ClN2O3. The van der Waals surface area contributed by atoms with Gasteiger partial charge in [0.15, 0.2) is 5.76 Å². The van der Waals surface area contributed by atoms with Crippen LogP contribution in [0.4, 0.5) is 5.69 Å². The second kappa shape index (κ2) is 6.28. The molecule has 5 nitrogen and oxygen atoms in total. The maximum absolute atomic E-state index is 11.2. The molecule has 0 saturated carbocycles. The van der Waals surface area contributed by atoms with Crippen molar-refractivity contribution in [3.8, 4) is 11.3 Å². The summed E-state index contributed by atoms with van der Waals surface area (Å²) in [6.45, 7) is 0. The molecule has 0 atom stereocenters. The fourth-order valence-corrected chi connectivity index (χ4v) is 3.15. The molecule has 26 heavy (non-hydrogen) atoms. The van der Waals surface area contributed by atoms with Crippen LogP contribution in [0.2, 0.25) is 5.02 Å². The lowest BCUT2D eigenvalue weighted by molar-refractivity contribution is 0.0972. The molecule has 4 N–H and O–H groups in total. The van der Waals surface area contributed by atoms with Crippen LogP contribution in [0.3, 0.4) is 0 Å². The fraction of sp³-hybridized carbons (Fsp3) is 0.0500. The maximum atomic E-state index is 11.2. The van der Waals surface area contributed by atoms with Crippen molar-refractivity contribution < 1.29 is 13.6 Å². The van der Waals surface area contributed by atoms with Crippen molar-refractivity contribution in [2.24, 2.45) is 5.73 Å². The van der Waals surface area contributed by atoms with Gasteiger partial charge in [-0.05, 0) is 54.6 Å². The van der Waals surface area contributed by atoms with E-state index in [1.165, 1.54) is 0 Å². The molecule has 4 rings (SSSR count). The first-order chi connectivity index (χ1) is 12.5. The average molecular weight is 367 g/mol. The van der Waals surface area contributed by atoms with Crippen LogP contribution in [0.25, 0.3) is 22.3 Å². The van der Waals surface area contributed by atoms with E-state index in [-0.39, 0.29) is 5.76 Å². The van der Waals surface area contributed by atoms with Crippen LogP contribution >= 0.6 is 11.6 Å². The van der Waals surface area contributed by atoms with E-state index < -0.39 is 5.91 Å². The fourth-order valence-electron chi connectivity index (χ4n) is 2.90. The highest BCUT2D eigenvalue weighted by Gasteiger charge is 2.14. The van der Waals surface area contributed by atoms with Crippen molar-refractivity contribution in [1.29, 1.82) is 0 Å². The number of anilines is 1. The molecule has 2 heterocycles. The molecule has 1 amide bonds. The monoisotopic (exact) mass is 366 g/mol. The molecule has 0 aliphatic rings. The molecular weight excluding hydrogens is 352 g/mol. The van der Waals surface area contributed by atoms with Gasteiger partial charge in [-0.1, -0.05) is 11.6 Å². The number of furan rings is 2. The quantitative estimate of drug-likeness (QED) is 0.515. The Kier molecular flexibility index (Phi) is 3.93. The average Bonchev–Trinajstić information content (AvgIpc) is 3.22. The van der Waals surface area contributed by atoms with Gasteiger partial charge in [-0.15, -0.1) is 0 Å². The second-order valence-corrected chi connectivity index (χ2v) is 6.46. The number of halogens is 1. The van der Waals surface area contributed by atoms with Gasteiger partial charge in [0.05, 0.1) is 0 Å². The topological polar surface area (TPSA) is 95.4 Å². The minimum Gasteiger partial charge on any atom is -0.456 e. The molecule has 0 saturated heterocycles. The molecule has 0 fully saturated rings. The smallest absolute Gasteiger partial charge is 0.284 e. The highest BCUT2D eigenvalue weighted by atomic mass is 35.5. The van der Waals surface area contributed by atoms with Gasteiger partial charge in [0.2, 0.25) is 0 Å². The van der Waals surface area contributed by atoms with Crippen LogP contribution < -0.4 is 11.5 Å². The Morgan fingerprint density at radius 2 is 1.77 bits per heavy atom. The van der Waals surface area contributed by atoms with E-state index in [1.54, 1.807) is 12.1 Å². The Balaban J connectivity index is 1.76. The van der Waals surface area contributed by atoms with Gasteiger partial charge in [-0.2, -0.15) is 0 Å². The normalized spacial score (nSPS) is 11.1. The summed E-state index contributed by atoms with van der Waals surface area (Å²) >= 11 is 6.26. The highest BCUT2D eigenvalue weighted by Crippen LogP contribution is 2.33. The Hall–Kier alpha value is -3.18. The third-order valence-electron chi connectivity index (χ3n) is 4.12. The second-order valence-electron chi connectivity index (χ2n) is 6.02. The van der Waals surface area contributed by atoms with E-state index in [1.807, 2.05) is 42.5 Å². The number of primary amides is 1. The number of hydrogen-bond donors (Lipinski definition) is 2. The van der Waals surface area contributed by atoms with E-state index >= 15 is 0 Å². The number of fused-ring (bicyclic) bond motifs is 1. The number of carbonyl (C=O) groups is 1. The summed E-state index contributed by atoms with van der Waals surface area (Å²) < 4.78 is 11.5. The Morgan fingerprint density at radius 3 is 2.46 bits per heavy atom. The molecule has 6 heteroatoms.